The fourth-order valence-corrected chi connectivity index (χ4v) is 2.50. The van der Waals surface area contributed by atoms with Crippen LogP contribution in [0.3, 0.4) is 0 Å². The quantitative estimate of drug-likeness (QED) is 0.861. The summed E-state index contributed by atoms with van der Waals surface area (Å²) >= 11 is 0. The third-order valence-electron chi connectivity index (χ3n) is 3.98. The van der Waals surface area contributed by atoms with Crippen molar-refractivity contribution in [1.82, 2.24) is 10.3 Å². The Labute approximate surface area is 129 Å². The molecule has 1 aromatic rings. The van der Waals surface area contributed by atoms with E-state index in [1.165, 1.54) is 11.6 Å². The van der Waals surface area contributed by atoms with Gasteiger partial charge < -0.3 is 10.2 Å². The predicted molar refractivity (Wildman–Crippen MR) is 81.9 cm³/mol. The first kappa shape index (κ1) is 16.8. The molecule has 0 saturated carbocycles. The van der Waals surface area contributed by atoms with E-state index in [9.17, 15) is 13.2 Å². The number of pyridine rings is 1. The molecule has 2 heterocycles. The molecule has 0 bridgehead atoms. The third-order valence-corrected chi connectivity index (χ3v) is 3.98. The van der Waals surface area contributed by atoms with Crippen LogP contribution in [0.15, 0.2) is 30.0 Å². The fourth-order valence-electron chi connectivity index (χ4n) is 2.50. The Morgan fingerprint density at radius 3 is 2.82 bits per heavy atom. The van der Waals surface area contributed by atoms with Gasteiger partial charge in [-0.2, -0.15) is 13.2 Å². The van der Waals surface area contributed by atoms with Crippen molar-refractivity contribution in [3.05, 3.63) is 35.5 Å². The molecule has 6 heteroatoms. The maximum absolute atomic E-state index is 12.6. The molecule has 1 atom stereocenters. The molecule has 1 aromatic heterocycles. The number of anilines is 1. The second-order valence-electron chi connectivity index (χ2n) is 5.70. The number of hydrogen-bond acceptors (Lipinski definition) is 3. The average Bonchev–Trinajstić information content (AvgIpc) is 2.52. The SMILES string of the molecule is CC=C(C)CNC1CCCN(c2ccc(C(F)(F)F)cn2)C1. The van der Waals surface area contributed by atoms with Gasteiger partial charge in [0.1, 0.15) is 5.82 Å². The highest BCUT2D eigenvalue weighted by Crippen LogP contribution is 2.29. The maximum atomic E-state index is 12.6. The Bertz CT molecular complexity index is 508. The number of allylic oxidation sites excluding steroid dienone is 1. The Morgan fingerprint density at radius 1 is 1.45 bits per heavy atom. The lowest BCUT2D eigenvalue weighted by Crippen LogP contribution is -2.46. The van der Waals surface area contributed by atoms with E-state index in [-0.39, 0.29) is 0 Å². The van der Waals surface area contributed by atoms with Crippen molar-refractivity contribution in [2.45, 2.75) is 38.9 Å². The average molecular weight is 313 g/mol. The van der Waals surface area contributed by atoms with Crippen LogP contribution in [0.1, 0.15) is 32.3 Å². The van der Waals surface area contributed by atoms with Crippen LogP contribution < -0.4 is 10.2 Å². The van der Waals surface area contributed by atoms with E-state index in [4.69, 9.17) is 0 Å². The van der Waals surface area contributed by atoms with Crippen molar-refractivity contribution in [1.29, 1.82) is 0 Å². The molecule has 0 aromatic carbocycles. The summed E-state index contributed by atoms with van der Waals surface area (Å²) in [6.07, 6.45) is 0.742. The summed E-state index contributed by atoms with van der Waals surface area (Å²) in [6.45, 7) is 6.53. The van der Waals surface area contributed by atoms with Crippen molar-refractivity contribution < 1.29 is 13.2 Å². The van der Waals surface area contributed by atoms with E-state index >= 15 is 0 Å². The van der Waals surface area contributed by atoms with Gasteiger partial charge in [-0.25, -0.2) is 4.98 Å². The van der Waals surface area contributed by atoms with Crippen LogP contribution in [-0.2, 0) is 6.18 Å². The van der Waals surface area contributed by atoms with Gasteiger partial charge in [-0.05, 0) is 38.8 Å². The van der Waals surface area contributed by atoms with Gasteiger partial charge in [0.25, 0.3) is 0 Å². The minimum Gasteiger partial charge on any atom is -0.355 e. The van der Waals surface area contributed by atoms with E-state index in [0.29, 0.717) is 11.9 Å². The molecule has 0 spiro atoms. The number of hydrogen-bond donors (Lipinski definition) is 1. The van der Waals surface area contributed by atoms with E-state index in [1.54, 1.807) is 0 Å². The molecule has 1 saturated heterocycles. The Hall–Kier alpha value is -1.56. The van der Waals surface area contributed by atoms with Gasteiger partial charge in [-0.1, -0.05) is 11.6 Å². The zero-order valence-electron chi connectivity index (χ0n) is 13.0. The van der Waals surface area contributed by atoms with E-state index in [2.05, 4.69) is 23.3 Å². The molecule has 0 radical (unpaired) electrons. The van der Waals surface area contributed by atoms with Gasteiger partial charge in [-0.15, -0.1) is 0 Å². The molecule has 1 fully saturated rings. The van der Waals surface area contributed by atoms with Crippen molar-refractivity contribution in [2.24, 2.45) is 0 Å². The lowest BCUT2D eigenvalue weighted by Gasteiger charge is -2.34. The van der Waals surface area contributed by atoms with Crippen LogP contribution in [0.2, 0.25) is 0 Å². The van der Waals surface area contributed by atoms with Gasteiger partial charge in [0, 0.05) is 31.9 Å². The molecule has 0 amide bonds. The summed E-state index contributed by atoms with van der Waals surface area (Å²) < 4.78 is 37.7. The Kier molecular flexibility index (Phi) is 5.45. The summed E-state index contributed by atoms with van der Waals surface area (Å²) in [5.74, 6) is 0.613. The number of nitrogens with one attached hydrogen (secondary N) is 1. The zero-order chi connectivity index (χ0) is 16.2. The summed E-state index contributed by atoms with van der Waals surface area (Å²) in [5.41, 5.74) is 0.580. The third kappa shape index (κ3) is 4.47. The molecule has 0 aliphatic carbocycles. The van der Waals surface area contributed by atoms with Crippen LogP contribution in [0.4, 0.5) is 19.0 Å². The fraction of sp³-hybridized carbons (Fsp3) is 0.562. The molecule has 122 valence electrons. The number of nitrogens with zero attached hydrogens (tertiary/aromatic N) is 2. The number of piperidine rings is 1. The molecular formula is C16H22F3N3. The molecule has 1 aliphatic rings. The first-order valence-electron chi connectivity index (χ1n) is 7.53. The van der Waals surface area contributed by atoms with Gasteiger partial charge >= 0.3 is 6.18 Å². The van der Waals surface area contributed by atoms with E-state index in [1.807, 2.05) is 11.8 Å². The van der Waals surface area contributed by atoms with Crippen molar-refractivity contribution in [2.75, 3.05) is 24.5 Å². The first-order chi connectivity index (χ1) is 10.4. The smallest absolute Gasteiger partial charge is 0.355 e. The van der Waals surface area contributed by atoms with Crippen LogP contribution in [0.25, 0.3) is 0 Å². The zero-order valence-corrected chi connectivity index (χ0v) is 13.0. The van der Waals surface area contributed by atoms with Crippen molar-refractivity contribution in [3.63, 3.8) is 0 Å². The molecule has 1 unspecified atom stereocenters. The highest BCUT2D eigenvalue weighted by atomic mass is 19.4. The second-order valence-corrected chi connectivity index (χ2v) is 5.70. The monoisotopic (exact) mass is 313 g/mol. The minimum atomic E-state index is -4.33. The largest absolute Gasteiger partial charge is 0.417 e. The molecule has 22 heavy (non-hydrogen) atoms. The highest BCUT2D eigenvalue weighted by molar-refractivity contribution is 5.40. The maximum Gasteiger partial charge on any atom is 0.417 e. The lowest BCUT2D eigenvalue weighted by molar-refractivity contribution is -0.137. The van der Waals surface area contributed by atoms with Crippen molar-refractivity contribution >= 4 is 5.82 Å². The molecule has 1 N–H and O–H groups in total. The number of alkyl halides is 3. The minimum absolute atomic E-state index is 0.341. The van der Waals surface area contributed by atoms with Crippen LogP contribution in [0, 0.1) is 0 Å². The molecule has 1 aliphatic heterocycles. The predicted octanol–water partition coefficient (Wildman–Crippen LogP) is 3.63. The summed E-state index contributed by atoms with van der Waals surface area (Å²) in [7, 11) is 0. The molecular weight excluding hydrogens is 291 g/mol. The van der Waals surface area contributed by atoms with Crippen LogP contribution in [0.5, 0.6) is 0 Å². The standard InChI is InChI=1S/C16H22F3N3/c1-3-12(2)9-20-14-5-4-8-22(11-14)15-7-6-13(10-21-15)16(17,18)19/h3,6-7,10,14,20H,4-5,8-9,11H2,1-2H3. The summed E-state index contributed by atoms with van der Waals surface area (Å²) in [6, 6.07) is 2.90. The first-order valence-corrected chi connectivity index (χ1v) is 7.53. The topological polar surface area (TPSA) is 28.2 Å². The number of aromatic nitrogens is 1. The van der Waals surface area contributed by atoms with Crippen LogP contribution >= 0.6 is 0 Å². The van der Waals surface area contributed by atoms with Gasteiger partial charge in [0.05, 0.1) is 5.56 Å². The molecule has 2 rings (SSSR count). The van der Waals surface area contributed by atoms with Gasteiger partial charge in [0.2, 0.25) is 0 Å². The van der Waals surface area contributed by atoms with Gasteiger partial charge in [-0.3, -0.25) is 0 Å². The summed E-state index contributed by atoms with van der Waals surface area (Å²) in [4.78, 5) is 6.03. The summed E-state index contributed by atoms with van der Waals surface area (Å²) in [5, 5.41) is 3.49. The highest BCUT2D eigenvalue weighted by Gasteiger charge is 2.31. The molecule has 3 nitrogen and oxygen atoms in total. The van der Waals surface area contributed by atoms with Gasteiger partial charge in [0.15, 0.2) is 0 Å². The Balaban J connectivity index is 1.97. The second kappa shape index (κ2) is 7.13. The van der Waals surface area contributed by atoms with E-state index in [0.717, 1.165) is 44.7 Å². The number of halogens is 3. The Morgan fingerprint density at radius 2 is 2.23 bits per heavy atom. The lowest BCUT2D eigenvalue weighted by atomic mass is 10.1. The van der Waals surface area contributed by atoms with E-state index < -0.39 is 11.7 Å². The van der Waals surface area contributed by atoms with Crippen LogP contribution in [-0.4, -0.2) is 30.7 Å². The number of rotatable bonds is 4. The van der Waals surface area contributed by atoms with Crippen molar-refractivity contribution in [3.8, 4) is 0 Å². The normalized spacial score (nSPS) is 20.3.